The molecule has 3 heterocycles. The van der Waals surface area contributed by atoms with Gasteiger partial charge in [-0.2, -0.15) is 5.10 Å². The second kappa shape index (κ2) is 7.77. The van der Waals surface area contributed by atoms with Gasteiger partial charge >= 0.3 is 0 Å². The van der Waals surface area contributed by atoms with Gasteiger partial charge in [-0.05, 0) is 16.8 Å². The molecule has 0 fully saturated rings. The van der Waals surface area contributed by atoms with E-state index in [1.54, 1.807) is 11.7 Å². The summed E-state index contributed by atoms with van der Waals surface area (Å²) in [5.41, 5.74) is 2.12. The molecule has 2 aromatic carbocycles. The molecule has 154 valence electrons. The molecule has 5 aromatic rings. The predicted octanol–water partition coefficient (Wildman–Crippen LogP) is 3.44. The van der Waals surface area contributed by atoms with Crippen molar-refractivity contribution in [1.29, 1.82) is 0 Å². The van der Waals surface area contributed by atoms with Crippen LogP contribution in [-0.4, -0.2) is 30.2 Å². The number of hydrogen-bond acceptors (Lipinski definition) is 6. The van der Waals surface area contributed by atoms with E-state index in [4.69, 9.17) is 0 Å². The zero-order valence-electron chi connectivity index (χ0n) is 16.6. The molecule has 0 bridgehead atoms. The van der Waals surface area contributed by atoms with Gasteiger partial charge in [0.15, 0.2) is 10.8 Å². The molecule has 5 rings (SSSR count). The number of rotatable bonds is 5. The van der Waals surface area contributed by atoms with Gasteiger partial charge in [0.25, 0.3) is 5.56 Å². The lowest BCUT2D eigenvalue weighted by Gasteiger charge is -2.05. The van der Waals surface area contributed by atoms with Gasteiger partial charge in [0.2, 0.25) is 5.91 Å². The average Bonchev–Trinajstić information content (AvgIpc) is 3.40. The lowest BCUT2D eigenvalue weighted by atomic mass is 10.1. The van der Waals surface area contributed by atoms with Crippen LogP contribution >= 0.6 is 11.3 Å². The maximum absolute atomic E-state index is 12.5. The number of nitrogens with one attached hydrogen (secondary N) is 1. The highest BCUT2D eigenvalue weighted by Gasteiger charge is 2.11. The lowest BCUT2D eigenvalue weighted by Crippen LogP contribution is -2.23. The van der Waals surface area contributed by atoms with E-state index in [-0.39, 0.29) is 24.4 Å². The fourth-order valence-corrected chi connectivity index (χ4v) is 4.18. The molecule has 8 nitrogen and oxygen atoms in total. The molecule has 0 unspecified atom stereocenters. The third kappa shape index (κ3) is 3.71. The largest absolute Gasteiger partial charge is 0.302 e. The first-order valence-electron chi connectivity index (χ1n) is 9.70. The van der Waals surface area contributed by atoms with Gasteiger partial charge in [0, 0.05) is 31.0 Å². The van der Waals surface area contributed by atoms with Crippen LogP contribution in [0.1, 0.15) is 6.42 Å². The molecular weight excluding hydrogens is 412 g/mol. The van der Waals surface area contributed by atoms with Crippen molar-refractivity contribution in [2.75, 3.05) is 5.32 Å². The molecule has 0 saturated carbocycles. The van der Waals surface area contributed by atoms with Crippen LogP contribution in [0.15, 0.2) is 65.2 Å². The Kier molecular flexibility index (Phi) is 4.79. The number of nitrogens with zero attached hydrogens (tertiary/aromatic N) is 5. The van der Waals surface area contributed by atoms with E-state index in [2.05, 4.69) is 44.6 Å². The second-order valence-electron chi connectivity index (χ2n) is 7.15. The SMILES string of the molecule is Cn1ncc2c(=O)n(CCC(=O)Nc3nc(-c4ccc5ccccc5c4)cs3)cnc21. The van der Waals surface area contributed by atoms with E-state index >= 15 is 0 Å². The van der Waals surface area contributed by atoms with Crippen molar-refractivity contribution in [3.63, 3.8) is 0 Å². The van der Waals surface area contributed by atoms with E-state index in [1.807, 2.05) is 23.6 Å². The molecule has 0 aliphatic heterocycles. The van der Waals surface area contributed by atoms with Gasteiger partial charge in [-0.25, -0.2) is 9.97 Å². The van der Waals surface area contributed by atoms with Crippen LogP contribution < -0.4 is 10.9 Å². The van der Waals surface area contributed by atoms with E-state index in [9.17, 15) is 9.59 Å². The summed E-state index contributed by atoms with van der Waals surface area (Å²) in [7, 11) is 1.73. The van der Waals surface area contributed by atoms with E-state index in [0.29, 0.717) is 16.2 Å². The molecule has 0 spiro atoms. The smallest absolute Gasteiger partial charge is 0.264 e. The van der Waals surface area contributed by atoms with Gasteiger partial charge in [0.1, 0.15) is 5.39 Å². The van der Waals surface area contributed by atoms with Gasteiger partial charge in [0.05, 0.1) is 18.2 Å². The summed E-state index contributed by atoms with van der Waals surface area (Å²) >= 11 is 1.37. The topological polar surface area (TPSA) is 94.7 Å². The number of hydrogen-bond donors (Lipinski definition) is 1. The van der Waals surface area contributed by atoms with Crippen LogP contribution in [0, 0.1) is 0 Å². The maximum Gasteiger partial charge on any atom is 0.264 e. The first-order chi connectivity index (χ1) is 15.1. The predicted molar refractivity (Wildman–Crippen MR) is 121 cm³/mol. The number of fused-ring (bicyclic) bond motifs is 2. The van der Waals surface area contributed by atoms with Crippen LogP contribution in [0.25, 0.3) is 33.1 Å². The van der Waals surface area contributed by atoms with Crippen molar-refractivity contribution >= 4 is 44.2 Å². The number of thiazole rings is 1. The van der Waals surface area contributed by atoms with Crippen molar-refractivity contribution in [3.05, 3.63) is 70.7 Å². The van der Waals surface area contributed by atoms with Crippen molar-refractivity contribution in [2.45, 2.75) is 13.0 Å². The fraction of sp³-hybridized carbons (Fsp3) is 0.136. The Labute approximate surface area is 180 Å². The first-order valence-corrected chi connectivity index (χ1v) is 10.6. The highest BCUT2D eigenvalue weighted by Crippen LogP contribution is 2.27. The average molecular weight is 430 g/mol. The Hall–Kier alpha value is -3.85. The van der Waals surface area contributed by atoms with Crippen molar-refractivity contribution in [3.8, 4) is 11.3 Å². The van der Waals surface area contributed by atoms with Crippen LogP contribution in [0.5, 0.6) is 0 Å². The molecule has 1 amide bonds. The van der Waals surface area contributed by atoms with Crippen LogP contribution in [0.3, 0.4) is 0 Å². The zero-order chi connectivity index (χ0) is 21.4. The van der Waals surface area contributed by atoms with Gasteiger partial charge in [-0.15, -0.1) is 11.3 Å². The highest BCUT2D eigenvalue weighted by atomic mass is 32.1. The van der Waals surface area contributed by atoms with E-state index in [1.165, 1.54) is 33.8 Å². The van der Waals surface area contributed by atoms with Crippen molar-refractivity contribution in [2.24, 2.45) is 7.05 Å². The van der Waals surface area contributed by atoms with Crippen LogP contribution in [-0.2, 0) is 18.4 Å². The number of aryl methyl sites for hydroxylation is 2. The minimum atomic E-state index is -0.211. The third-order valence-corrected chi connectivity index (χ3v) is 5.85. The highest BCUT2D eigenvalue weighted by molar-refractivity contribution is 7.14. The maximum atomic E-state index is 12.5. The second-order valence-corrected chi connectivity index (χ2v) is 8.00. The monoisotopic (exact) mass is 430 g/mol. The molecule has 0 aliphatic carbocycles. The number of carbonyl (C=O) groups is 1. The Morgan fingerprint density at radius 1 is 1.16 bits per heavy atom. The van der Waals surface area contributed by atoms with Gasteiger partial charge < -0.3 is 5.32 Å². The first kappa shape index (κ1) is 19.1. The Morgan fingerprint density at radius 3 is 2.87 bits per heavy atom. The number of carbonyl (C=O) groups excluding carboxylic acids is 1. The molecule has 31 heavy (non-hydrogen) atoms. The quantitative estimate of drug-likeness (QED) is 0.461. The number of anilines is 1. The zero-order valence-corrected chi connectivity index (χ0v) is 17.5. The molecule has 0 atom stereocenters. The molecule has 0 radical (unpaired) electrons. The van der Waals surface area contributed by atoms with Gasteiger partial charge in [-0.1, -0.05) is 36.4 Å². The molecule has 3 aromatic heterocycles. The summed E-state index contributed by atoms with van der Waals surface area (Å²) in [6, 6.07) is 14.3. The molecule has 0 saturated heterocycles. The Balaban J connectivity index is 1.26. The summed E-state index contributed by atoms with van der Waals surface area (Å²) in [6.45, 7) is 0.228. The standard InChI is InChI=1S/C22H18N6O2S/c1-27-20-17(11-24-27)21(30)28(13-23-20)9-8-19(29)26-22-25-18(12-31-22)16-7-6-14-4-2-3-5-15(14)10-16/h2-7,10-13H,8-9H2,1H3,(H,25,26,29). The third-order valence-electron chi connectivity index (χ3n) is 5.09. The lowest BCUT2D eigenvalue weighted by molar-refractivity contribution is -0.116. The van der Waals surface area contributed by atoms with Crippen LogP contribution in [0.4, 0.5) is 5.13 Å². The minimum Gasteiger partial charge on any atom is -0.302 e. The summed E-state index contributed by atoms with van der Waals surface area (Å²) in [6.07, 6.45) is 3.07. The summed E-state index contributed by atoms with van der Waals surface area (Å²) < 4.78 is 2.97. The molecular formula is C22H18N6O2S. The Bertz CT molecular complexity index is 1480. The summed E-state index contributed by atoms with van der Waals surface area (Å²) in [4.78, 5) is 33.7. The fourth-order valence-electron chi connectivity index (χ4n) is 3.44. The Morgan fingerprint density at radius 2 is 2.00 bits per heavy atom. The number of amides is 1. The number of benzene rings is 2. The van der Waals surface area contributed by atoms with Crippen LogP contribution in [0.2, 0.25) is 0 Å². The normalized spacial score (nSPS) is 11.3. The molecule has 0 aliphatic rings. The molecule has 9 heteroatoms. The summed E-state index contributed by atoms with van der Waals surface area (Å²) in [5, 5.41) is 12.1. The minimum absolute atomic E-state index is 0.137. The van der Waals surface area contributed by atoms with E-state index < -0.39 is 0 Å². The van der Waals surface area contributed by atoms with E-state index in [0.717, 1.165) is 16.6 Å². The molecule has 1 N–H and O–H groups in total. The van der Waals surface area contributed by atoms with Crippen molar-refractivity contribution < 1.29 is 4.79 Å². The van der Waals surface area contributed by atoms with Gasteiger partial charge in [-0.3, -0.25) is 18.8 Å². The number of aromatic nitrogens is 5. The summed E-state index contributed by atoms with van der Waals surface area (Å²) in [5.74, 6) is -0.211. The van der Waals surface area contributed by atoms with Crippen molar-refractivity contribution in [1.82, 2.24) is 24.3 Å².